The Labute approximate surface area is 96.3 Å². The minimum atomic E-state index is -0.774. The first-order valence-corrected chi connectivity index (χ1v) is 5.56. The van der Waals surface area contributed by atoms with Crippen LogP contribution in [-0.4, -0.2) is 20.9 Å². The Bertz CT molecular complexity index is 367. The van der Waals surface area contributed by atoms with Crippen LogP contribution in [-0.2, 0) is 17.8 Å². The molecule has 0 saturated carbocycles. The Morgan fingerprint density at radius 2 is 2.19 bits per heavy atom. The Balaban J connectivity index is 2.69. The molecule has 16 heavy (non-hydrogen) atoms. The van der Waals surface area contributed by atoms with Gasteiger partial charge >= 0.3 is 5.97 Å². The number of carbonyl (C=O) groups is 1. The lowest BCUT2D eigenvalue weighted by Gasteiger charge is -2.17. The van der Waals surface area contributed by atoms with Gasteiger partial charge in [0.2, 0.25) is 0 Å². The number of aromatic nitrogens is 2. The summed E-state index contributed by atoms with van der Waals surface area (Å²) < 4.78 is 1.87. The summed E-state index contributed by atoms with van der Waals surface area (Å²) in [5.74, 6) is -0.232. The maximum atomic E-state index is 11.0. The molecule has 1 heterocycles. The number of carboxylic acid groups (broad SMARTS) is 1. The lowest BCUT2D eigenvalue weighted by molar-refractivity contribution is -0.146. The molecular formula is C12H20N2O2. The lowest BCUT2D eigenvalue weighted by atomic mass is 9.87. The smallest absolute Gasteiger partial charge is 0.309 e. The van der Waals surface area contributed by atoms with Crippen LogP contribution >= 0.6 is 0 Å². The minimum absolute atomic E-state index is 0.514. The fraction of sp³-hybridized carbons (Fsp3) is 0.667. The van der Waals surface area contributed by atoms with Crippen LogP contribution in [0.15, 0.2) is 12.4 Å². The average molecular weight is 224 g/mol. The summed E-state index contributed by atoms with van der Waals surface area (Å²) in [6, 6.07) is 0. The van der Waals surface area contributed by atoms with Crippen molar-refractivity contribution in [3.8, 4) is 0 Å². The molecule has 0 aliphatic carbocycles. The molecule has 90 valence electrons. The van der Waals surface area contributed by atoms with Crippen molar-refractivity contribution < 1.29 is 9.90 Å². The molecule has 1 aromatic rings. The molecule has 0 saturated heterocycles. The second kappa shape index (κ2) is 4.68. The van der Waals surface area contributed by atoms with E-state index in [2.05, 4.69) is 18.9 Å². The Kier molecular flexibility index (Phi) is 3.73. The lowest BCUT2D eigenvalue weighted by Crippen LogP contribution is -2.25. The highest BCUT2D eigenvalue weighted by Crippen LogP contribution is 2.21. The number of hydrogen-bond acceptors (Lipinski definition) is 2. The van der Waals surface area contributed by atoms with Crippen molar-refractivity contribution in [3.63, 3.8) is 0 Å². The summed E-state index contributed by atoms with van der Waals surface area (Å²) in [6.07, 6.45) is 4.21. The zero-order valence-electron chi connectivity index (χ0n) is 10.4. The third kappa shape index (κ3) is 3.36. The molecule has 0 aliphatic rings. The zero-order chi connectivity index (χ0) is 12.3. The van der Waals surface area contributed by atoms with Gasteiger partial charge in [0.25, 0.3) is 0 Å². The van der Waals surface area contributed by atoms with Crippen molar-refractivity contribution >= 4 is 5.97 Å². The van der Waals surface area contributed by atoms with E-state index in [1.807, 2.05) is 10.9 Å². The van der Waals surface area contributed by atoms with E-state index in [4.69, 9.17) is 5.11 Å². The summed E-state index contributed by atoms with van der Waals surface area (Å²) in [5.41, 5.74) is 0.249. The summed E-state index contributed by atoms with van der Waals surface area (Å²) in [6.45, 7) is 8.59. The molecule has 1 aromatic heterocycles. The second-order valence-electron chi connectivity index (χ2n) is 5.33. The molecule has 1 rings (SSSR count). The van der Waals surface area contributed by atoms with E-state index >= 15 is 0 Å². The predicted molar refractivity (Wildman–Crippen MR) is 62.2 cm³/mol. The van der Waals surface area contributed by atoms with Crippen LogP contribution < -0.4 is 0 Å². The van der Waals surface area contributed by atoms with E-state index in [1.54, 1.807) is 20.0 Å². The van der Waals surface area contributed by atoms with Crippen LogP contribution in [0.3, 0.4) is 0 Å². The number of carboxylic acids is 1. The van der Waals surface area contributed by atoms with Crippen molar-refractivity contribution in [1.82, 2.24) is 9.78 Å². The fourth-order valence-corrected chi connectivity index (χ4v) is 1.56. The van der Waals surface area contributed by atoms with Gasteiger partial charge in [-0.1, -0.05) is 13.8 Å². The third-order valence-corrected chi connectivity index (χ3v) is 2.46. The fourth-order valence-electron chi connectivity index (χ4n) is 1.56. The highest BCUT2D eigenvalue weighted by molar-refractivity contribution is 5.73. The average Bonchev–Trinajstić information content (AvgIpc) is 2.50. The van der Waals surface area contributed by atoms with E-state index < -0.39 is 11.4 Å². The molecule has 4 heteroatoms. The molecule has 0 spiro atoms. The molecule has 4 nitrogen and oxygen atoms in total. The predicted octanol–water partition coefficient (Wildman–Crippen LogP) is 2.19. The van der Waals surface area contributed by atoms with Gasteiger partial charge in [-0.15, -0.1) is 0 Å². The van der Waals surface area contributed by atoms with Gasteiger partial charge in [-0.25, -0.2) is 0 Å². The SMILES string of the molecule is CC(C)Cn1cc(CC(C)(C)C(=O)O)cn1. The quantitative estimate of drug-likeness (QED) is 0.834. The van der Waals surface area contributed by atoms with E-state index in [0.717, 1.165) is 12.1 Å². The molecule has 0 amide bonds. The molecule has 0 aliphatic heterocycles. The Morgan fingerprint density at radius 1 is 1.56 bits per heavy atom. The number of hydrogen-bond donors (Lipinski definition) is 1. The molecule has 0 radical (unpaired) electrons. The first-order chi connectivity index (χ1) is 7.31. The van der Waals surface area contributed by atoms with Crippen LogP contribution in [0.25, 0.3) is 0 Å². The molecule has 0 bridgehead atoms. The minimum Gasteiger partial charge on any atom is -0.481 e. The standard InChI is InChI=1S/C12H20N2O2/c1-9(2)7-14-8-10(6-13-14)5-12(3,4)11(15)16/h6,8-9H,5,7H2,1-4H3,(H,15,16). The van der Waals surface area contributed by atoms with Gasteiger partial charge in [0, 0.05) is 12.7 Å². The summed E-state index contributed by atoms with van der Waals surface area (Å²) in [4.78, 5) is 11.0. The highest BCUT2D eigenvalue weighted by atomic mass is 16.4. The molecule has 0 atom stereocenters. The van der Waals surface area contributed by atoms with Gasteiger partial charge in [-0.2, -0.15) is 5.10 Å². The number of rotatable bonds is 5. The Hall–Kier alpha value is -1.32. The van der Waals surface area contributed by atoms with Gasteiger partial charge in [0.15, 0.2) is 0 Å². The second-order valence-corrected chi connectivity index (χ2v) is 5.33. The van der Waals surface area contributed by atoms with Crippen molar-refractivity contribution in [2.75, 3.05) is 0 Å². The van der Waals surface area contributed by atoms with Gasteiger partial charge in [0.1, 0.15) is 0 Å². The highest BCUT2D eigenvalue weighted by Gasteiger charge is 2.27. The summed E-state index contributed by atoms with van der Waals surface area (Å²) >= 11 is 0. The monoisotopic (exact) mass is 224 g/mol. The van der Waals surface area contributed by atoms with Crippen molar-refractivity contribution in [2.45, 2.75) is 40.7 Å². The molecule has 0 unspecified atom stereocenters. The molecular weight excluding hydrogens is 204 g/mol. The van der Waals surface area contributed by atoms with Crippen molar-refractivity contribution in [1.29, 1.82) is 0 Å². The van der Waals surface area contributed by atoms with Gasteiger partial charge in [0.05, 0.1) is 11.6 Å². The van der Waals surface area contributed by atoms with Crippen LogP contribution in [0.4, 0.5) is 0 Å². The topological polar surface area (TPSA) is 55.1 Å². The van der Waals surface area contributed by atoms with Crippen LogP contribution in [0, 0.1) is 11.3 Å². The van der Waals surface area contributed by atoms with Crippen LogP contribution in [0.1, 0.15) is 33.3 Å². The summed E-state index contributed by atoms with van der Waals surface area (Å²) in [7, 11) is 0. The van der Waals surface area contributed by atoms with Crippen molar-refractivity contribution in [2.24, 2.45) is 11.3 Å². The van der Waals surface area contributed by atoms with E-state index in [9.17, 15) is 4.79 Å². The maximum Gasteiger partial charge on any atom is 0.309 e. The van der Waals surface area contributed by atoms with Crippen molar-refractivity contribution in [3.05, 3.63) is 18.0 Å². The van der Waals surface area contributed by atoms with E-state index in [1.165, 1.54) is 0 Å². The molecule has 1 N–H and O–H groups in total. The zero-order valence-corrected chi connectivity index (χ0v) is 10.4. The largest absolute Gasteiger partial charge is 0.481 e. The number of aliphatic carboxylic acids is 1. The normalized spacial score (nSPS) is 12.1. The van der Waals surface area contributed by atoms with E-state index in [-0.39, 0.29) is 0 Å². The van der Waals surface area contributed by atoms with Gasteiger partial charge < -0.3 is 5.11 Å². The van der Waals surface area contributed by atoms with Gasteiger partial charge in [-0.05, 0) is 31.7 Å². The molecule has 0 fully saturated rings. The van der Waals surface area contributed by atoms with Gasteiger partial charge in [-0.3, -0.25) is 9.48 Å². The summed E-state index contributed by atoms with van der Waals surface area (Å²) in [5, 5.41) is 13.3. The van der Waals surface area contributed by atoms with Crippen LogP contribution in [0.2, 0.25) is 0 Å². The first-order valence-electron chi connectivity index (χ1n) is 5.56. The first kappa shape index (κ1) is 12.7. The maximum absolute atomic E-state index is 11.0. The third-order valence-electron chi connectivity index (χ3n) is 2.46. The van der Waals surface area contributed by atoms with E-state index in [0.29, 0.717) is 12.3 Å². The van der Waals surface area contributed by atoms with Crippen LogP contribution in [0.5, 0.6) is 0 Å². The molecule has 0 aromatic carbocycles. The number of nitrogens with zero attached hydrogens (tertiary/aromatic N) is 2. The Morgan fingerprint density at radius 3 is 2.69 bits per heavy atom.